The summed E-state index contributed by atoms with van der Waals surface area (Å²) in [5, 5.41) is 0. The first-order valence-electron chi connectivity index (χ1n) is 7.50. The second-order valence-corrected chi connectivity index (χ2v) is 5.55. The van der Waals surface area contributed by atoms with Crippen LogP contribution in [-0.2, 0) is 27.5 Å². The average molecular weight is 348 g/mol. The van der Waals surface area contributed by atoms with Crippen LogP contribution in [0.25, 0.3) is 0 Å². The van der Waals surface area contributed by atoms with Crippen molar-refractivity contribution in [3.63, 3.8) is 0 Å². The first kappa shape index (κ1) is 20.5. The Morgan fingerprint density at radius 3 is 2.48 bits per heavy atom. The molecule has 1 aromatic carbocycles. The highest BCUT2D eigenvalue weighted by atomic mass is 16.6. The summed E-state index contributed by atoms with van der Waals surface area (Å²) < 4.78 is 14.8. The van der Waals surface area contributed by atoms with E-state index in [-0.39, 0.29) is 19.0 Å². The summed E-state index contributed by atoms with van der Waals surface area (Å²) in [5.74, 6) is -0.715. The van der Waals surface area contributed by atoms with Crippen molar-refractivity contribution in [2.24, 2.45) is 0 Å². The van der Waals surface area contributed by atoms with Gasteiger partial charge in [0, 0.05) is 25.7 Å². The smallest absolute Gasteiger partial charge is 0.415 e. The fraction of sp³-hybridized carbons (Fsp3) is 0.438. The Hall–Kier alpha value is -2.55. The van der Waals surface area contributed by atoms with Crippen molar-refractivity contribution in [1.29, 1.82) is 0 Å². The summed E-state index contributed by atoms with van der Waals surface area (Å²) in [6.45, 7) is 1.38. The van der Waals surface area contributed by atoms with Crippen LogP contribution in [0.1, 0.15) is 11.1 Å². The third-order valence-corrected chi connectivity index (χ3v) is 3.20. The van der Waals surface area contributed by atoms with Crippen LogP contribution in [0.5, 0.6) is 5.75 Å². The van der Waals surface area contributed by atoms with Gasteiger partial charge in [-0.05, 0) is 31.8 Å². The Labute approximate surface area is 148 Å². The van der Waals surface area contributed by atoms with Crippen LogP contribution in [0.2, 0.25) is 0 Å². The molecular formula is C16H21BN2O6. The Morgan fingerprint density at radius 2 is 1.88 bits per heavy atom. The van der Waals surface area contributed by atoms with Gasteiger partial charge in [0.05, 0.1) is 0 Å². The number of amides is 1. The van der Waals surface area contributed by atoms with Gasteiger partial charge in [-0.2, -0.15) is 0 Å². The van der Waals surface area contributed by atoms with Gasteiger partial charge in [-0.1, -0.05) is 6.07 Å². The van der Waals surface area contributed by atoms with Crippen molar-refractivity contribution in [2.45, 2.75) is 13.2 Å². The Kier molecular flexibility index (Phi) is 8.48. The zero-order valence-corrected chi connectivity index (χ0v) is 14.6. The molecule has 0 atom stereocenters. The lowest BCUT2D eigenvalue weighted by Crippen LogP contribution is -2.35. The van der Waals surface area contributed by atoms with Crippen LogP contribution in [0.4, 0.5) is 9.59 Å². The number of carbonyl (C=O) groups is 3. The molecule has 2 radical (unpaired) electrons. The van der Waals surface area contributed by atoms with E-state index in [1.165, 1.54) is 4.90 Å². The van der Waals surface area contributed by atoms with Gasteiger partial charge in [0.2, 0.25) is 13.7 Å². The fourth-order valence-corrected chi connectivity index (χ4v) is 1.83. The van der Waals surface area contributed by atoms with Crippen LogP contribution in [0, 0.1) is 0 Å². The van der Waals surface area contributed by atoms with Gasteiger partial charge >= 0.3 is 6.09 Å². The molecule has 1 amide bonds. The van der Waals surface area contributed by atoms with E-state index in [0.29, 0.717) is 30.7 Å². The third kappa shape index (κ3) is 7.71. The second-order valence-electron chi connectivity index (χ2n) is 5.55. The van der Waals surface area contributed by atoms with Gasteiger partial charge in [-0.3, -0.25) is 9.59 Å². The minimum Gasteiger partial charge on any atom is -0.470 e. The molecule has 0 heterocycles. The van der Waals surface area contributed by atoms with Crippen LogP contribution >= 0.6 is 0 Å². The SMILES string of the molecule is [B]C(=O)OCc1cc(COC=O)ccc1OC(=O)N(C)CCN(C)C. The van der Waals surface area contributed by atoms with Crippen molar-refractivity contribution in [2.75, 3.05) is 34.2 Å². The maximum atomic E-state index is 12.2. The van der Waals surface area contributed by atoms with Gasteiger partial charge in [0.25, 0.3) is 6.47 Å². The van der Waals surface area contributed by atoms with Crippen LogP contribution in [0.15, 0.2) is 18.2 Å². The Balaban J connectivity index is 2.85. The molecule has 0 bridgehead atoms. The molecule has 0 aliphatic rings. The normalized spacial score (nSPS) is 10.2. The summed E-state index contributed by atoms with van der Waals surface area (Å²) in [6.07, 6.45) is -0.543. The highest BCUT2D eigenvalue weighted by Crippen LogP contribution is 2.22. The molecule has 0 aliphatic carbocycles. The van der Waals surface area contributed by atoms with E-state index in [1.54, 1.807) is 25.2 Å². The summed E-state index contributed by atoms with van der Waals surface area (Å²) >= 11 is 0. The fourth-order valence-electron chi connectivity index (χ4n) is 1.83. The van der Waals surface area contributed by atoms with Crippen molar-refractivity contribution in [1.82, 2.24) is 9.80 Å². The first-order valence-corrected chi connectivity index (χ1v) is 7.50. The predicted molar refractivity (Wildman–Crippen MR) is 90.4 cm³/mol. The molecule has 134 valence electrons. The number of rotatable bonds is 9. The standard InChI is InChI=1S/C16H21BN2O6/c1-18(2)6-7-19(3)16(22)25-14-5-4-12(9-23-11-20)8-13(14)10-24-15(17)21/h4-5,8,11H,6-7,9-10H2,1-3H3. The summed E-state index contributed by atoms with van der Waals surface area (Å²) in [6, 6.07) is 4.79. The van der Waals surface area contributed by atoms with E-state index in [0.717, 1.165) is 0 Å². The predicted octanol–water partition coefficient (Wildman–Crippen LogP) is 1.16. The maximum absolute atomic E-state index is 12.2. The van der Waals surface area contributed by atoms with E-state index < -0.39 is 12.0 Å². The molecule has 0 fully saturated rings. The van der Waals surface area contributed by atoms with Gasteiger partial charge in [0.15, 0.2) is 0 Å². The molecule has 25 heavy (non-hydrogen) atoms. The lowest BCUT2D eigenvalue weighted by atomic mass is 10.1. The largest absolute Gasteiger partial charge is 0.470 e. The molecule has 0 aliphatic heterocycles. The molecule has 0 unspecified atom stereocenters. The number of hydrogen-bond acceptors (Lipinski definition) is 7. The third-order valence-electron chi connectivity index (χ3n) is 3.20. The van der Waals surface area contributed by atoms with E-state index >= 15 is 0 Å². The van der Waals surface area contributed by atoms with Crippen molar-refractivity contribution in [3.8, 4) is 5.75 Å². The Bertz CT molecular complexity index is 608. The first-order chi connectivity index (χ1) is 11.8. The highest BCUT2D eigenvalue weighted by Gasteiger charge is 2.15. The summed E-state index contributed by atoms with van der Waals surface area (Å²) in [7, 11) is 10.4. The van der Waals surface area contributed by atoms with Crippen molar-refractivity contribution >= 4 is 26.3 Å². The number of carbonyl (C=O) groups excluding carboxylic acids is 3. The minimum absolute atomic E-state index is 0.0457. The molecule has 0 spiro atoms. The molecule has 1 aromatic rings. The average Bonchev–Trinajstić information content (AvgIpc) is 2.57. The topological polar surface area (TPSA) is 85.4 Å². The quantitative estimate of drug-likeness (QED) is 0.489. The number of benzene rings is 1. The zero-order valence-electron chi connectivity index (χ0n) is 14.6. The van der Waals surface area contributed by atoms with E-state index in [2.05, 4.69) is 4.74 Å². The molecule has 8 nitrogen and oxygen atoms in total. The molecule has 0 saturated carbocycles. The lowest BCUT2D eigenvalue weighted by molar-refractivity contribution is -0.129. The lowest BCUT2D eigenvalue weighted by Gasteiger charge is -2.20. The van der Waals surface area contributed by atoms with Gasteiger partial charge in [0.1, 0.15) is 19.0 Å². The second kappa shape index (κ2) is 10.3. The van der Waals surface area contributed by atoms with Crippen molar-refractivity contribution < 1.29 is 28.6 Å². The zero-order chi connectivity index (χ0) is 18.8. The summed E-state index contributed by atoms with van der Waals surface area (Å²) in [5.41, 5.74) is 1.08. The molecule has 0 N–H and O–H groups in total. The molecule has 0 saturated heterocycles. The monoisotopic (exact) mass is 348 g/mol. The maximum Gasteiger partial charge on any atom is 0.415 e. The molecule has 9 heteroatoms. The number of ether oxygens (including phenoxy) is 3. The van der Waals surface area contributed by atoms with E-state index in [1.807, 2.05) is 19.0 Å². The highest BCUT2D eigenvalue weighted by molar-refractivity contribution is 6.55. The van der Waals surface area contributed by atoms with Crippen LogP contribution < -0.4 is 4.74 Å². The molecular weight excluding hydrogens is 327 g/mol. The van der Waals surface area contributed by atoms with Crippen LogP contribution in [0.3, 0.4) is 0 Å². The number of hydrogen-bond donors (Lipinski definition) is 0. The Morgan fingerprint density at radius 1 is 1.16 bits per heavy atom. The minimum atomic E-state index is -0.949. The van der Waals surface area contributed by atoms with Gasteiger partial charge < -0.3 is 24.0 Å². The van der Waals surface area contributed by atoms with E-state index in [9.17, 15) is 14.4 Å². The van der Waals surface area contributed by atoms with Gasteiger partial charge in [-0.25, -0.2) is 4.79 Å². The summed E-state index contributed by atoms with van der Waals surface area (Å²) in [4.78, 5) is 36.6. The van der Waals surface area contributed by atoms with Gasteiger partial charge in [-0.15, -0.1) is 0 Å². The van der Waals surface area contributed by atoms with Crippen molar-refractivity contribution in [3.05, 3.63) is 29.3 Å². The molecule has 0 aromatic heterocycles. The number of likely N-dealkylation sites (N-methyl/N-ethyl adjacent to an activating group) is 2. The number of nitrogens with zero attached hydrogens (tertiary/aromatic N) is 2. The van der Waals surface area contributed by atoms with Crippen LogP contribution in [-0.4, -0.2) is 70.3 Å². The van der Waals surface area contributed by atoms with E-state index in [4.69, 9.17) is 17.3 Å². The molecule has 1 rings (SSSR count).